The molecule has 99 heavy (non-hydrogen) atoms. The van der Waals surface area contributed by atoms with Crippen LogP contribution in [0.4, 0.5) is 0 Å². The predicted molar refractivity (Wildman–Crippen MR) is 367 cm³/mol. The van der Waals surface area contributed by atoms with Gasteiger partial charge in [-0.15, -0.1) is 0 Å². The van der Waals surface area contributed by atoms with E-state index in [1.54, 1.807) is 62.2 Å². The number of carbonyl (C=O) groups excluding carboxylic acids is 8. The maximum atomic E-state index is 14.8. The number of nitrogens with zero attached hydrogens (tertiary/aromatic N) is 6. The van der Waals surface area contributed by atoms with Crippen LogP contribution in [-0.4, -0.2) is 257 Å². The first-order chi connectivity index (χ1) is 47.6. The van der Waals surface area contributed by atoms with Crippen LogP contribution in [0, 0.1) is 0 Å². The van der Waals surface area contributed by atoms with E-state index in [4.69, 9.17) is 17.2 Å². The Balaban J connectivity index is 1.08. The van der Waals surface area contributed by atoms with E-state index in [1.807, 2.05) is 48.5 Å². The number of rotatable bonds is 41. The van der Waals surface area contributed by atoms with Crippen LogP contribution in [0.5, 0.6) is 0 Å². The highest BCUT2D eigenvalue weighted by Crippen LogP contribution is 2.20. The van der Waals surface area contributed by atoms with Gasteiger partial charge >= 0.3 is 17.9 Å². The zero-order chi connectivity index (χ0) is 71.5. The van der Waals surface area contributed by atoms with Crippen molar-refractivity contribution in [1.29, 1.82) is 0 Å². The molecule has 2 aromatic heterocycles. The predicted octanol–water partition coefficient (Wildman–Crippen LogP) is -2.60. The summed E-state index contributed by atoms with van der Waals surface area (Å²) in [5.74, 6) is -8.56. The van der Waals surface area contributed by atoms with Gasteiger partial charge in [0.15, 0.2) is 5.96 Å². The van der Waals surface area contributed by atoms with E-state index < -0.39 is 90.1 Å². The van der Waals surface area contributed by atoms with E-state index in [1.165, 1.54) is 19.9 Å². The number of aromatic nitrogens is 3. The number of aliphatic imine (C=N–C) groups is 1. The van der Waals surface area contributed by atoms with Gasteiger partial charge in [-0.2, -0.15) is 0 Å². The molecule has 1 aliphatic heterocycles. The molecule has 5 aromatic rings. The molecular formula is C66H92BN18O14. The number of hydrogen-bond acceptors (Lipinski definition) is 18. The number of nitrogens with one attached hydrogen (secondary N) is 9. The standard InChI is InChI=1S/C66H92BN18O14/c68-61(95)50(20-9-10-24-76-67-55(86)39-82-25-27-83(40-58(89)90)29-31-85(42-60(93)94)32-30-84(28-26-82)41-59(91)92)77-57(88)38-74-62(96)53(34-46-36-73-49-19-8-7-18-48(46)49)81-63(97)51(21-12-23-72-66(69)70)79-64(98)52(33-45-15-5-2-6-16-45)80-65(99)54(35-47-37-71-43-75-47)78-56(87)22-11-17-44-13-3-1-4-14-44/h1-8,13-16,18-19,36-37,43,50-54,73,76H,9-12,17,20-35,38-42H2,(H2,68,95)(H,71,75)(H,74,96)(H,77,88)(H,78,87)(H,79,98)(H,80,99)(H,81,97)(H,89,90)(H,91,92)(H,93,94)(H4,69,70,72)/t50-,51-,52+,53-,54-/m0/s1. The van der Waals surface area contributed by atoms with Crippen molar-refractivity contribution >= 4 is 89.2 Å². The Hall–Kier alpha value is -10.1. The van der Waals surface area contributed by atoms with Gasteiger partial charge in [0.05, 0.1) is 32.5 Å². The van der Waals surface area contributed by atoms with Crippen molar-refractivity contribution in [2.75, 3.05) is 98.2 Å². The zero-order valence-electron chi connectivity index (χ0n) is 55.4. The molecule has 0 bridgehead atoms. The smallest absolute Gasteiger partial charge is 0.317 e. The molecule has 0 aliphatic carbocycles. The van der Waals surface area contributed by atoms with Gasteiger partial charge in [-0.1, -0.05) is 78.9 Å². The summed E-state index contributed by atoms with van der Waals surface area (Å²) in [4.78, 5) is 167. The molecule has 0 spiro atoms. The fourth-order valence-corrected chi connectivity index (χ4v) is 11.2. The molecule has 5 atom stereocenters. The molecular weight excluding hydrogens is 1280 g/mol. The number of primary amides is 1. The number of nitrogens with two attached hydrogens (primary N) is 3. The van der Waals surface area contributed by atoms with Gasteiger partial charge in [0.1, 0.15) is 35.9 Å². The number of unbranched alkanes of at least 4 members (excludes halogenated alkanes) is 1. The second kappa shape index (κ2) is 41.9. The van der Waals surface area contributed by atoms with Gasteiger partial charge in [-0.25, -0.2) is 4.98 Å². The molecule has 18 N–H and O–H groups in total. The second-order valence-corrected chi connectivity index (χ2v) is 24.2. The van der Waals surface area contributed by atoms with Crippen LogP contribution < -0.4 is 54.3 Å². The molecule has 1 aliphatic rings. The first-order valence-corrected chi connectivity index (χ1v) is 32.9. The summed E-state index contributed by atoms with van der Waals surface area (Å²) in [6.07, 6.45) is 6.63. The van der Waals surface area contributed by atoms with E-state index in [2.05, 4.69) is 57.1 Å². The van der Waals surface area contributed by atoms with Crippen molar-refractivity contribution in [2.24, 2.45) is 22.2 Å². The first kappa shape index (κ1) is 77.9. The van der Waals surface area contributed by atoms with Crippen molar-refractivity contribution in [3.63, 3.8) is 0 Å². The molecule has 7 amide bonds. The number of aromatic amines is 2. The Bertz CT molecular complexity index is 3440. The number of H-pyrrole nitrogens is 2. The largest absolute Gasteiger partial charge is 0.480 e. The summed E-state index contributed by atoms with van der Waals surface area (Å²) >= 11 is 0. The van der Waals surface area contributed by atoms with Crippen LogP contribution >= 0.6 is 0 Å². The third-order valence-electron chi connectivity index (χ3n) is 16.4. The number of hydrogen-bond donors (Lipinski definition) is 15. The number of para-hydroxylation sites is 1. The van der Waals surface area contributed by atoms with Crippen molar-refractivity contribution in [3.8, 4) is 0 Å². The number of fused-ring (bicyclic) bond motifs is 1. The van der Waals surface area contributed by atoms with Crippen molar-refractivity contribution < 1.29 is 68.1 Å². The normalized spacial score (nSPS) is 15.0. The minimum absolute atomic E-state index is 0.00201. The van der Waals surface area contributed by atoms with Crippen LogP contribution in [0.15, 0.2) is 109 Å². The number of guanidine groups is 1. The number of aryl methyl sites for hydroxylation is 1. The Labute approximate surface area is 574 Å². The lowest BCUT2D eigenvalue weighted by atomic mass is 9.86. The maximum absolute atomic E-state index is 14.8. The number of carboxylic acids is 3. The van der Waals surface area contributed by atoms with Crippen molar-refractivity contribution in [1.82, 2.24) is 71.7 Å². The molecule has 32 nitrogen and oxygen atoms in total. The Morgan fingerprint density at radius 1 is 0.535 bits per heavy atom. The van der Waals surface area contributed by atoms with Crippen LogP contribution in [0.2, 0.25) is 0 Å². The van der Waals surface area contributed by atoms with Crippen LogP contribution in [0.1, 0.15) is 67.3 Å². The minimum Gasteiger partial charge on any atom is -0.480 e. The molecule has 0 saturated carbocycles. The maximum Gasteiger partial charge on any atom is 0.317 e. The lowest BCUT2D eigenvalue weighted by Crippen LogP contribution is -2.59. The number of benzene rings is 3. The minimum atomic E-state index is -1.38. The highest BCUT2D eigenvalue weighted by molar-refractivity contribution is 6.72. The SMILES string of the molecule is NC(=O)[C@H](CCCCN[B]C(=O)CN1CCN(CC(=O)O)CCN(CC(=O)O)CCN(CC(=O)O)CC1)NC(=O)CNC(=O)[C@H](Cc1c[nH]c2ccccc12)NC(=O)[C@H](CCCN=C(N)N)NC(=O)[C@@H](Cc1ccccc1)NC(=O)[C@H](Cc1cnc[nH]1)NC(=O)CCCc1ccccc1. The summed E-state index contributed by atoms with van der Waals surface area (Å²) in [7, 11) is 1.28. The highest BCUT2D eigenvalue weighted by atomic mass is 16.4. The zero-order valence-corrected chi connectivity index (χ0v) is 55.4. The summed E-state index contributed by atoms with van der Waals surface area (Å²) in [5, 5.41) is 48.6. The Morgan fingerprint density at radius 3 is 1.62 bits per heavy atom. The van der Waals surface area contributed by atoms with E-state index in [-0.39, 0.29) is 154 Å². The quantitative estimate of drug-likeness (QED) is 0.00826. The van der Waals surface area contributed by atoms with Gasteiger partial charge < -0.3 is 84.4 Å². The Kier molecular flexibility index (Phi) is 33.0. The van der Waals surface area contributed by atoms with E-state index in [9.17, 15) is 68.1 Å². The third kappa shape index (κ3) is 29.7. The average molecular weight is 1370 g/mol. The fraction of sp³-hybridized carbons (Fsp3) is 0.470. The fourth-order valence-electron chi connectivity index (χ4n) is 11.2. The monoisotopic (exact) mass is 1370 g/mol. The van der Waals surface area contributed by atoms with E-state index in [0.29, 0.717) is 42.5 Å². The van der Waals surface area contributed by atoms with Crippen LogP contribution in [0.25, 0.3) is 10.9 Å². The third-order valence-corrected chi connectivity index (χ3v) is 16.4. The molecule has 6 rings (SSSR count). The van der Waals surface area contributed by atoms with E-state index >= 15 is 0 Å². The molecule has 3 heterocycles. The van der Waals surface area contributed by atoms with E-state index in [0.717, 1.165) is 16.5 Å². The van der Waals surface area contributed by atoms with Gasteiger partial charge in [0.25, 0.3) is 7.41 Å². The number of aliphatic carboxylic acids is 3. The first-order valence-electron chi connectivity index (χ1n) is 32.9. The highest BCUT2D eigenvalue weighted by Gasteiger charge is 2.33. The molecule has 1 fully saturated rings. The molecule has 1 radical (unpaired) electrons. The van der Waals surface area contributed by atoms with Crippen LogP contribution in [-0.2, 0) is 78.4 Å². The van der Waals surface area contributed by atoms with Crippen molar-refractivity contribution in [3.05, 3.63) is 126 Å². The topological polar surface area (TPSA) is 481 Å². The van der Waals surface area contributed by atoms with Gasteiger partial charge in [-0.05, 0) is 74.2 Å². The van der Waals surface area contributed by atoms with Gasteiger partial charge in [-0.3, -0.25) is 72.5 Å². The summed E-state index contributed by atoms with van der Waals surface area (Å²) in [6, 6.07) is 19.3. The van der Waals surface area contributed by atoms with Gasteiger partial charge in [0.2, 0.25) is 41.4 Å². The molecule has 1 saturated heterocycles. The van der Waals surface area contributed by atoms with Crippen molar-refractivity contribution in [2.45, 2.75) is 101 Å². The average Bonchev–Trinajstić information content (AvgIpc) is 1.70. The lowest BCUT2D eigenvalue weighted by Gasteiger charge is -2.32. The summed E-state index contributed by atoms with van der Waals surface area (Å²) < 4.78 is 0. The number of carboxylic acid groups (broad SMARTS) is 3. The lowest BCUT2D eigenvalue weighted by molar-refractivity contribution is -0.140. The van der Waals surface area contributed by atoms with Crippen LogP contribution in [0.3, 0.4) is 0 Å². The summed E-state index contributed by atoms with van der Waals surface area (Å²) in [5.41, 5.74) is 20.2. The van der Waals surface area contributed by atoms with Gasteiger partial charge in [0, 0.05) is 120 Å². The number of imidazole rings is 1. The molecule has 3 aromatic carbocycles. The molecule has 533 valence electrons. The summed E-state index contributed by atoms with van der Waals surface area (Å²) in [6.45, 7) is 0.509. The number of amides is 7. The molecule has 33 heteroatoms. The second-order valence-electron chi connectivity index (χ2n) is 24.2. The number of carbonyl (C=O) groups is 11. The Morgan fingerprint density at radius 2 is 1.05 bits per heavy atom. The molecule has 0 unspecified atom stereocenters.